The van der Waals surface area contributed by atoms with E-state index in [1.807, 2.05) is 0 Å². The largest absolute Gasteiger partial charge is 0.321 e. The number of hydrogen-bond donors (Lipinski definition) is 2. The Morgan fingerprint density at radius 2 is 1.94 bits per heavy atom. The highest BCUT2D eigenvalue weighted by Crippen LogP contribution is 2.27. The monoisotopic (exact) mass is 490 g/mol. The first kappa shape index (κ1) is 23.5. The summed E-state index contributed by atoms with van der Waals surface area (Å²) in [5, 5.41) is 7.73. The van der Waals surface area contributed by atoms with E-state index < -0.39 is 15.9 Å². The van der Waals surface area contributed by atoms with Crippen molar-refractivity contribution in [2.45, 2.75) is 44.2 Å². The van der Waals surface area contributed by atoms with Crippen LogP contribution in [0.1, 0.15) is 40.9 Å². The molecule has 0 unspecified atom stereocenters. The second-order valence-corrected chi connectivity index (χ2v) is 10.8. The van der Waals surface area contributed by atoms with Crippen molar-refractivity contribution < 1.29 is 13.2 Å². The maximum Gasteiger partial charge on any atom is 0.262 e. The third-order valence-corrected chi connectivity index (χ3v) is 7.53. The van der Waals surface area contributed by atoms with Crippen LogP contribution in [0, 0.1) is 6.92 Å². The van der Waals surface area contributed by atoms with E-state index in [-0.39, 0.29) is 21.8 Å². The van der Waals surface area contributed by atoms with Crippen LogP contribution in [0.5, 0.6) is 0 Å². The minimum absolute atomic E-state index is 0.240. The number of carbonyl (C=O) groups is 1. The van der Waals surface area contributed by atoms with Crippen molar-refractivity contribution in [3.8, 4) is 0 Å². The second kappa shape index (κ2) is 9.67. The van der Waals surface area contributed by atoms with Crippen molar-refractivity contribution in [2.24, 2.45) is 5.14 Å². The number of rotatable bonds is 7. The molecule has 1 amide bonds. The van der Waals surface area contributed by atoms with Gasteiger partial charge in [-0.05, 0) is 58.0 Å². The number of pyridine rings is 1. The average molecular weight is 491 g/mol. The molecule has 12 heteroatoms. The predicted molar refractivity (Wildman–Crippen MR) is 127 cm³/mol. The Bertz CT molecular complexity index is 1330. The number of primary sulfonamides is 1. The topological polar surface area (TPSA) is 140 Å². The lowest BCUT2D eigenvalue weighted by Crippen LogP contribution is -2.32. The number of thiophene rings is 1. The number of nitrogens with zero attached hydrogens (tertiary/aromatic N) is 4. The van der Waals surface area contributed by atoms with Gasteiger partial charge in [0, 0.05) is 11.4 Å². The highest BCUT2D eigenvalue weighted by Gasteiger charge is 2.22. The predicted octanol–water partition coefficient (Wildman–Crippen LogP) is 1.94. The van der Waals surface area contributed by atoms with E-state index in [1.54, 1.807) is 17.8 Å². The minimum Gasteiger partial charge on any atom is -0.321 e. The Hall–Kier alpha value is -2.67. The van der Waals surface area contributed by atoms with Crippen molar-refractivity contribution in [3.63, 3.8) is 0 Å². The summed E-state index contributed by atoms with van der Waals surface area (Å²) >= 11 is 1.29. The number of likely N-dealkylation sites (tertiary alicyclic amines) is 1. The third-order valence-electron chi connectivity index (χ3n) is 5.69. The van der Waals surface area contributed by atoms with Crippen LogP contribution in [0.15, 0.2) is 34.5 Å². The molecular formula is C21H26N6O4S2. The maximum atomic E-state index is 13.2. The molecule has 1 fully saturated rings. The molecule has 0 aromatic carbocycles. The molecule has 33 heavy (non-hydrogen) atoms. The summed E-state index contributed by atoms with van der Waals surface area (Å²) in [6, 6.07) is 2.60. The van der Waals surface area contributed by atoms with E-state index in [1.165, 1.54) is 48.9 Å². The van der Waals surface area contributed by atoms with Gasteiger partial charge in [-0.15, -0.1) is 11.3 Å². The van der Waals surface area contributed by atoms with E-state index in [9.17, 15) is 18.0 Å². The summed E-state index contributed by atoms with van der Waals surface area (Å²) in [6.45, 7) is 5.44. The molecular weight excluding hydrogens is 464 g/mol. The van der Waals surface area contributed by atoms with Gasteiger partial charge in [-0.1, -0.05) is 6.42 Å². The first-order valence-corrected chi connectivity index (χ1v) is 13.1. The summed E-state index contributed by atoms with van der Waals surface area (Å²) in [5.74, 6) is -0.478. The fourth-order valence-electron chi connectivity index (χ4n) is 4.03. The van der Waals surface area contributed by atoms with Crippen LogP contribution in [-0.4, -0.2) is 53.4 Å². The van der Waals surface area contributed by atoms with Crippen molar-refractivity contribution in [1.29, 1.82) is 0 Å². The Morgan fingerprint density at radius 3 is 2.61 bits per heavy atom. The fourth-order valence-corrected chi connectivity index (χ4v) is 5.47. The highest BCUT2D eigenvalue weighted by molar-refractivity contribution is 7.89. The lowest BCUT2D eigenvalue weighted by Gasteiger charge is -2.26. The Kier molecular flexibility index (Phi) is 6.88. The number of nitrogens with one attached hydrogen (secondary N) is 1. The average Bonchev–Trinajstić information content (AvgIpc) is 3.12. The zero-order valence-corrected chi connectivity index (χ0v) is 19.9. The Morgan fingerprint density at radius 1 is 1.18 bits per heavy atom. The molecule has 3 N–H and O–H groups in total. The molecule has 1 saturated heterocycles. The van der Waals surface area contributed by atoms with Crippen LogP contribution < -0.4 is 16.0 Å². The van der Waals surface area contributed by atoms with Crippen LogP contribution in [-0.2, 0) is 16.6 Å². The van der Waals surface area contributed by atoms with Crippen LogP contribution in [0.3, 0.4) is 0 Å². The molecule has 0 bridgehead atoms. The van der Waals surface area contributed by atoms with Gasteiger partial charge in [0.25, 0.3) is 21.5 Å². The molecule has 1 aliphatic rings. The summed E-state index contributed by atoms with van der Waals surface area (Å²) in [5.41, 5.74) is 0.321. The minimum atomic E-state index is -3.93. The quantitative estimate of drug-likeness (QED) is 0.516. The zero-order valence-electron chi connectivity index (χ0n) is 18.3. The van der Waals surface area contributed by atoms with Crippen LogP contribution in [0.4, 0.5) is 5.69 Å². The summed E-state index contributed by atoms with van der Waals surface area (Å²) in [7, 11) is -3.93. The molecule has 0 saturated carbocycles. The SMILES string of the molecule is Cc1sc2ncn(CCCN3CCCCC3)c(=O)c2c1C(=O)Nc1ccc(S(N)(=O)=O)nc1. The number of carbonyl (C=O) groups excluding carboxylic acids is 1. The smallest absolute Gasteiger partial charge is 0.262 e. The summed E-state index contributed by atoms with van der Waals surface area (Å²) in [6.07, 6.45) is 7.32. The van der Waals surface area contributed by atoms with E-state index >= 15 is 0 Å². The first-order chi connectivity index (χ1) is 15.7. The summed E-state index contributed by atoms with van der Waals surface area (Å²) in [4.78, 5) is 38.0. The van der Waals surface area contributed by atoms with Crippen molar-refractivity contribution in [1.82, 2.24) is 19.4 Å². The van der Waals surface area contributed by atoms with Gasteiger partial charge in [0.2, 0.25) is 0 Å². The van der Waals surface area contributed by atoms with E-state index in [4.69, 9.17) is 5.14 Å². The molecule has 3 aromatic rings. The molecule has 0 spiro atoms. The van der Waals surface area contributed by atoms with E-state index in [2.05, 4.69) is 20.2 Å². The van der Waals surface area contributed by atoms with Gasteiger partial charge in [-0.3, -0.25) is 14.2 Å². The number of anilines is 1. The van der Waals surface area contributed by atoms with Crippen LogP contribution in [0.25, 0.3) is 10.2 Å². The standard InChI is InChI=1S/C21H26N6O4S2/c1-14-17(19(28)25-15-6-7-16(23-12-15)33(22,30)31)18-20(32-14)24-13-27(21(18)29)11-5-10-26-8-3-2-4-9-26/h6-7,12-13H,2-5,8-11H2,1H3,(H,25,28)(H2,22,30,31). The van der Waals surface area contributed by atoms with Gasteiger partial charge in [0.05, 0.1) is 29.2 Å². The van der Waals surface area contributed by atoms with Gasteiger partial charge >= 0.3 is 0 Å². The Labute approximate surface area is 195 Å². The molecule has 4 heterocycles. The molecule has 1 aliphatic heterocycles. The molecule has 0 aliphatic carbocycles. The number of fused-ring (bicyclic) bond motifs is 1. The van der Waals surface area contributed by atoms with Gasteiger partial charge < -0.3 is 10.2 Å². The van der Waals surface area contributed by atoms with Crippen molar-refractivity contribution >= 4 is 43.2 Å². The molecule has 0 radical (unpaired) electrons. The number of piperidine rings is 1. The van der Waals surface area contributed by atoms with Crippen LogP contribution in [0.2, 0.25) is 0 Å². The van der Waals surface area contributed by atoms with Crippen molar-refractivity contribution in [2.75, 3.05) is 25.0 Å². The van der Waals surface area contributed by atoms with Gasteiger partial charge in [0.1, 0.15) is 4.83 Å². The number of aromatic nitrogens is 3. The molecule has 4 rings (SSSR count). The molecule has 3 aromatic heterocycles. The van der Waals surface area contributed by atoms with Crippen LogP contribution >= 0.6 is 11.3 Å². The highest BCUT2D eigenvalue weighted by atomic mass is 32.2. The number of hydrogen-bond acceptors (Lipinski definition) is 8. The van der Waals surface area contributed by atoms with E-state index in [0.717, 1.165) is 26.1 Å². The lowest BCUT2D eigenvalue weighted by atomic mass is 10.1. The summed E-state index contributed by atoms with van der Waals surface area (Å²) < 4.78 is 24.3. The number of nitrogens with two attached hydrogens (primary N) is 1. The maximum absolute atomic E-state index is 13.2. The van der Waals surface area contributed by atoms with Gasteiger partial charge in [-0.25, -0.2) is 23.5 Å². The third kappa shape index (κ3) is 5.29. The van der Waals surface area contributed by atoms with Crippen molar-refractivity contribution in [3.05, 3.63) is 45.5 Å². The molecule has 0 atom stereocenters. The van der Waals surface area contributed by atoms with Gasteiger partial charge in [0.15, 0.2) is 5.03 Å². The number of sulfonamides is 1. The van der Waals surface area contributed by atoms with Gasteiger partial charge in [-0.2, -0.15) is 0 Å². The number of amides is 1. The number of aryl methyl sites for hydroxylation is 2. The first-order valence-electron chi connectivity index (χ1n) is 10.7. The molecule has 176 valence electrons. The Balaban J connectivity index is 1.54. The fraction of sp³-hybridized carbons (Fsp3) is 0.429. The zero-order chi connectivity index (χ0) is 23.6. The second-order valence-electron chi connectivity index (χ2n) is 8.10. The lowest BCUT2D eigenvalue weighted by molar-refractivity contribution is 0.102. The van der Waals surface area contributed by atoms with E-state index in [0.29, 0.717) is 21.6 Å². The molecule has 10 nitrogen and oxygen atoms in total. The normalized spacial score (nSPS) is 15.1.